The van der Waals surface area contributed by atoms with E-state index in [0.717, 1.165) is 30.6 Å². The van der Waals surface area contributed by atoms with Gasteiger partial charge in [0, 0.05) is 23.8 Å². The van der Waals surface area contributed by atoms with Crippen molar-refractivity contribution in [3.63, 3.8) is 0 Å². The molecule has 1 heterocycles. The van der Waals surface area contributed by atoms with Crippen LogP contribution in [0.2, 0.25) is 0 Å². The van der Waals surface area contributed by atoms with E-state index >= 15 is 0 Å². The van der Waals surface area contributed by atoms with Crippen LogP contribution in [0.15, 0.2) is 23.1 Å². The predicted molar refractivity (Wildman–Crippen MR) is 64.1 cm³/mol. The van der Waals surface area contributed by atoms with E-state index < -0.39 is 9.05 Å². The Morgan fingerprint density at radius 2 is 2.19 bits per heavy atom. The van der Waals surface area contributed by atoms with Gasteiger partial charge in [-0.1, -0.05) is 19.1 Å². The molecule has 0 spiro atoms. The van der Waals surface area contributed by atoms with Crippen LogP contribution in [0.3, 0.4) is 0 Å². The molecule has 1 aliphatic rings. The van der Waals surface area contributed by atoms with Gasteiger partial charge in [-0.25, -0.2) is 8.42 Å². The van der Waals surface area contributed by atoms with Crippen LogP contribution in [-0.4, -0.2) is 26.4 Å². The number of rotatable bonds is 2. The van der Waals surface area contributed by atoms with E-state index in [0.29, 0.717) is 6.54 Å². The first kappa shape index (κ1) is 11.9. The molecule has 0 aliphatic carbocycles. The monoisotopic (exact) mass is 259 g/mol. The molecule has 1 aromatic carbocycles. The summed E-state index contributed by atoms with van der Waals surface area (Å²) in [5, 5.41) is 0. The molecule has 5 heteroatoms. The van der Waals surface area contributed by atoms with Gasteiger partial charge >= 0.3 is 0 Å². The van der Waals surface area contributed by atoms with Crippen LogP contribution in [0.1, 0.15) is 18.1 Å². The normalized spacial score (nSPS) is 17.1. The largest absolute Gasteiger partial charge is 0.299 e. The lowest BCUT2D eigenvalue weighted by Gasteiger charge is -2.28. The lowest BCUT2D eigenvalue weighted by Crippen LogP contribution is -2.31. The third-order valence-corrected chi connectivity index (χ3v) is 4.43. The molecule has 0 amide bonds. The molecule has 0 fully saturated rings. The standard InChI is InChI=1S/C11H14ClNO2S/c1-2-13-7-6-9-4-3-5-11(10(9)8-13)16(12,14)15/h3-5H,2,6-8H2,1H3. The van der Waals surface area contributed by atoms with Crippen molar-refractivity contribution in [2.45, 2.75) is 24.8 Å². The fraction of sp³-hybridized carbons (Fsp3) is 0.455. The molecular formula is C11H14ClNO2S. The van der Waals surface area contributed by atoms with Gasteiger partial charge in [-0.2, -0.15) is 0 Å². The highest BCUT2D eigenvalue weighted by Crippen LogP contribution is 2.27. The van der Waals surface area contributed by atoms with E-state index in [4.69, 9.17) is 10.7 Å². The predicted octanol–water partition coefficient (Wildman–Crippen LogP) is 1.99. The Bertz CT molecular complexity index is 499. The van der Waals surface area contributed by atoms with Crippen molar-refractivity contribution in [3.05, 3.63) is 29.3 Å². The summed E-state index contributed by atoms with van der Waals surface area (Å²) in [7, 11) is 1.81. The van der Waals surface area contributed by atoms with E-state index in [-0.39, 0.29) is 4.90 Å². The number of nitrogens with zero attached hydrogens (tertiary/aromatic N) is 1. The average molecular weight is 260 g/mol. The van der Waals surface area contributed by atoms with Gasteiger partial charge in [0.25, 0.3) is 9.05 Å². The summed E-state index contributed by atoms with van der Waals surface area (Å²) in [4.78, 5) is 2.48. The fourth-order valence-electron chi connectivity index (χ4n) is 2.10. The van der Waals surface area contributed by atoms with Crippen molar-refractivity contribution in [3.8, 4) is 0 Å². The van der Waals surface area contributed by atoms with Crippen molar-refractivity contribution in [1.29, 1.82) is 0 Å². The van der Waals surface area contributed by atoms with Gasteiger partial charge in [-0.15, -0.1) is 0 Å². The molecule has 1 aliphatic heterocycles. The average Bonchev–Trinajstić information content (AvgIpc) is 2.26. The highest BCUT2D eigenvalue weighted by molar-refractivity contribution is 8.13. The summed E-state index contributed by atoms with van der Waals surface area (Å²) in [6.07, 6.45) is 0.892. The lowest BCUT2D eigenvalue weighted by molar-refractivity contribution is 0.265. The van der Waals surface area contributed by atoms with Crippen molar-refractivity contribution >= 4 is 19.7 Å². The van der Waals surface area contributed by atoms with Crippen LogP contribution in [0.5, 0.6) is 0 Å². The SMILES string of the molecule is CCN1CCc2cccc(S(=O)(=O)Cl)c2C1. The maximum atomic E-state index is 11.4. The highest BCUT2D eigenvalue weighted by atomic mass is 35.7. The first-order valence-corrected chi connectivity index (χ1v) is 7.61. The minimum Gasteiger partial charge on any atom is -0.299 e. The van der Waals surface area contributed by atoms with E-state index in [1.165, 1.54) is 0 Å². The Morgan fingerprint density at radius 3 is 2.81 bits per heavy atom. The Balaban J connectivity index is 2.51. The molecular weight excluding hydrogens is 246 g/mol. The second-order valence-corrected chi connectivity index (χ2v) is 6.48. The van der Waals surface area contributed by atoms with E-state index in [1.54, 1.807) is 12.1 Å². The Labute approximate surface area is 100 Å². The van der Waals surface area contributed by atoms with Crippen LogP contribution < -0.4 is 0 Å². The zero-order valence-electron chi connectivity index (χ0n) is 9.11. The fourth-order valence-corrected chi connectivity index (χ4v) is 3.27. The second-order valence-electron chi connectivity index (χ2n) is 3.95. The van der Waals surface area contributed by atoms with Gasteiger partial charge in [-0.3, -0.25) is 4.90 Å². The van der Waals surface area contributed by atoms with Crippen molar-refractivity contribution in [2.75, 3.05) is 13.1 Å². The molecule has 2 rings (SSSR count). The quantitative estimate of drug-likeness (QED) is 0.763. The number of likely N-dealkylation sites (N-methyl/N-ethyl adjacent to an activating group) is 1. The Hall–Kier alpha value is -0.580. The maximum absolute atomic E-state index is 11.4. The topological polar surface area (TPSA) is 37.4 Å². The number of hydrogen-bond acceptors (Lipinski definition) is 3. The molecule has 0 radical (unpaired) electrons. The smallest absolute Gasteiger partial charge is 0.261 e. The van der Waals surface area contributed by atoms with E-state index in [9.17, 15) is 8.42 Å². The molecule has 0 atom stereocenters. The van der Waals surface area contributed by atoms with Gasteiger partial charge in [0.1, 0.15) is 0 Å². The summed E-state index contributed by atoms with van der Waals surface area (Å²) < 4.78 is 22.9. The van der Waals surface area contributed by atoms with Crippen LogP contribution in [-0.2, 0) is 22.0 Å². The van der Waals surface area contributed by atoms with E-state index in [1.807, 2.05) is 6.07 Å². The van der Waals surface area contributed by atoms with Gasteiger partial charge < -0.3 is 0 Å². The summed E-state index contributed by atoms with van der Waals surface area (Å²) in [6.45, 7) is 4.65. The summed E-state index contributed by atoms with van der Waals surface area (Å²) in [5.74, 6) is 0. The van der Waals surface area contributed by atoms with Gasteiger partial charge in [-0.05, 0) is 30.2 Å². The molecule has 3 nitrogen and oxygen atoms in total. The third-order valence-electron chi connectivity index (χ3n) is 3.02. The van der Waals surface area contributed by atoms with Crippen LogP contribution in [0.25, 0.3) is 0 Å². The number of fused-ring (bicyclic) bond motifs is 1. The van der Waals surface area contributed by atoms with Crippen LogP contribution >= 0.6 is 10.7 Å². The highest BCUT2D eigenvalue weighted by Gasteiger charge is 2.22. The van der Waals surface area contributed by atoms with Gasteiger partial charge in [0.2, 0.25) is 0 Å². The zero-order chi connectivity index (χ0) is 11.8. The van der Waals surface area contributed by atoms with Crippen molar-refractivity contribution < 1.29 is 8.42 Å². The molecule has 16 heavy (non-hydrogen) atoms. The maximum Gasteiger partial charge on any atom is 0.261 e. The first-order chi connectivity index (χ1) is 7.52. The number of benzene rings is 1. The number of halogens is 1. The molecule has 0 bridgehead atoms. The molecule has 0 saturated heterocycles. The molecule has 0 unspecified atom stereocenters. The summed E-state index contributed by atoms with van der Waals surface area (Å²) >= 11 is 0. The first-order valence-electron chi connectivity index (χ1n) is 5.30. The Kier molecular flexibility index (Phi) is 3.24. The third kappa shape index (κ3) is 2.24. The van der Waals surface area contributed by atoms with Gasteiger partial charge in [0.05, 0.1) is 4.90 Å². The molecule has 0 N–H and O–H groups in total. The lowest BCUT2D eigenvalue weighted by atomic mass is 10.00. The number of hydrogen-bond donors (Lipinski definition) is 0. The van der Waals surface area contributed by atoms with Crippen molar-refractivity contribution in [2.24, 2.45) is 0 Å². The second kappa shape index (κ2) is 4.35. The van der Waals surface area contributed by atoms with Crippen molar-refractivity contribution in [1.82, 2.24) is 4.90 Å². The van der Waals surface area contributed by atoms with Gasteiger partial charge in [0.15, 0.2) is 0 Å². The minimum absolute atomic E-state index is 0.268. The van der Waals surface area contributed by atoms with E-state index in [2.05, 4.69) is 11.8 Å². The van der Waals surface area contributed by atoms with Crippen LogP contribution in [0, 0.1) is 0 Å². The van der Waals surface area contributed by atoms with Crippen LogP contribution in [0.4, 0.5) is 0 Å². The molecule has 0 saturated carbocycles. The summed E-state index contributed by atoms with van der Waals surface area (Å²) in [5.41, 5.74) is 1.97. The molecule has 0 aromatic heterocycles. The summed E-state index contributed by atoms with van der Waals surface area (Å²) in [6, 6.07) is 5.32. The Morgan fingerprint density at radius 1 is 1.44 bits per heavy atom. The molecule has 1 aromatic rings. The zero-order valence-corrected chi connectivity index (χ0v) is 10.7. The molecule has 88 valence electrons. The minimum atomic E-state index is -3.63.